The molecule has 2 rings (SSSR count). The number of ketones is 1. The molecule has 19 heavy (non-hydrogen) atoms. The highest BCUT2D eigenvalue weighted by Crippen LogP contribution is 2.17. The van der Waals surface area contributed by atoms with Gasteiger partial charge in [-0.05, 0) is 66.8 Å². The van der Waals surface area contributed by atoms with Crippen molar-refractivity contribution in [1.29, 1.82) is 0 Å². The van der Waals surface area contributed by atoms with Gasteiger partial charge in [0, 0.05) is 20.9 Å². The highest BCUT2D eigenvalue weighted by atomic mass is 127. The predicted molar refractivity (Wildman–Crippen MR) is 82.6 cm³/mol. The Labute approximate surface area is 126 Å². The third kappa shape index (κ3) is 3.76. The molecule has 4 heteroatoms. The zero-order valence-electron chi connectivity index (χ0n) is 10.8. The van der Waals surface area contributed by atoms with E-state index in [9.17, 15) is 4.79 Å². The average molecular weight is 367 g/mol. The molecule has 0 saturated carbocycles. The summed E-state index contributed by atoms with van der Waals surface area (Å²) in [6, 6.07) is 9.19. The van der Waals surface area contributed by atoms with E-state index in [0.29, 0.717) is 16.9 Å². The fraction of sp³-hybridized carbons (Fsp3) is 0.200. The number of hydrogen-bond acceptors (Lipinski definition) is 3. The largest absolute Gasteiger partial charge is 0.489 e. The van der Waals surface area contributed by atoms with E-state index in [-0.39, 0.29) is 11.9 Å². The van der Waals surface area contributed by atoms with Gasteiger partial charge < -0.3 is 4.74 Å². The molecule has 0 spiro atoms. The van der Waals surface area contributed by atoms with E-state index >= 15 is 0 Å². The second-order valence-electron chi connectivity index (χ2n) is 4.41. The van der Waals surface area contributed by atoms with Crippen LogP contribution < -0.4 is 4.74 Å². The van der Waals surface area contributed by atoms with Crippen LogP contribution in [0, 0.1) is 3.57 Å². The van der Waals surface area contributed by atoms with Crippen molar-refractivity contribution >= 4 is 28.4 Å². The maximum Gasteiger partial charge on any atom is 0.194 e. The summed E-state index contributed by atoms with van der Waals surface area (Å²) in [6.45, 7) is 3.88. The molecule has 2 aromatic rings. The van der Waals surface area contributed by atoms with Crippen LogP contribution in [-0.2, 0) is 0 Å². The first kappa shape index (κ1) is 14.0. The molecule has 0 unspecified atom stereocenters. The predicted octanol–water partition coefficient (Wildman–Crippen LogP) is 3.70. The number of aromatic nitrogens is 1. The molecular formula is C15H14INO2. The Kier molecular flexibility index (Phi) is 4.52. The summed E-state index contributed by atoms with van der Waals surface area (Å²) >= 11 is 2.21. The zero-order chi connectivity index (χ0) is 13.8. The van der Waals surface area contributed by atoms with Gasteiger partial charge >= 0.3 is 0 Å². The molecular weight excluding hydrogens is 353 g/mol. The van der Waals surface area contributed by atoms with Gasteiger partial charge in [-0.2, -0.15) is 0 Å². The minimum Gasteiger partial charge on any atom is -0.489 e. The van der Waals surface area contributed by atoms with Crippen molar-refractivity contribution in [1.82, 2.24) is 4.98 Å². The van der Waals surface area contributed by atoms with Crippen molar-refractivity contribution in [3.63, 3.8) is 0 Å². The first-order chi connectivity index (χ1) is 9.06. The second-order valence-corrected chi connectivity index (χ2v) is 5.66. The number of carbonyl (C=O) groups is 1. The highest BCUT2D eigenvalue weighted by Gasteiger charge is 2.10. The minimum atomic E-state index is -0.0434. The summed E-state index contributed by atoms with van der Waals surface area (Å²) in [5.74, 6) is 0.574. The van der Waals surface area contributed by atoms with Gasteiger partial charge in [0.25, 0.3) is 0 Å². The molecule has 98 valence electrons. The third-order valence-corrected chi connectivity index (χ3v) is 3.17. The lowest BCUT2D eigenvalue weighted by molar-refractivity contribution is 0.103. The van der Waals surface area contributed by atoms with Crippen LogP contribution in [0.3, 0.4) is 0 Å². The number of pyridine rings is 1. The minimum absolute atomic E-state index is 0.0434. The van der Waals surface area contributed by atoms with Gasteiger partial charge in [0.05, 0.1) is 12.3 Å². The van der Waals surface area contributed by atoms with Gasteiger partial charge in [-0.3, -0.25) is 9.78 Å². The van der Waals surface area contributed by atoms with Crippen molar-refractivity contribution in [2.75, 3.05) is 0 Å². The van der Waals surface area contributed by atoms with E-state index in [1.807, 2.05) is 38.1 Å². The van der Waals surface area contributed by atoms with Crippen LogP contribution in [0.1, 0.15) is 29.8 Å². The molecule has 0 amide bonds. The van der Waals surface area contributed by atoms with Crippen molar-refractivity contribution in [2.24, 2.45) is 0 Å². The molecule has 0 fully saturated rings. The average Bonchev–Trinajstić information content (AvgIpc) is 2.38. The SMILES string of the molecule is CC(C)Oc1cncc(C(=O)c2ccc(I)cc2)c1. The van der Waals surface area contributed by atoms with Crippen LogP contribution in [0.2, 0.25) is 0 Å². The Morgan fingerprint density at radius 3 is 2.47 bits per heavy atom. The first-order valence-electron chi connectivity index (χ1n) is 5.98. The van der Waals surface area contributed by atoms with Crippen LogP contribution in [0.5, 0.6) is 5.75 Å². The quantitative estimate of drug-likeness (QED) is 0.611. The fourth-order valence-electron chi connectivity index (χ4n) is 1.65. The van der Waals surface area contributed by atoms with Crippen molar-refractivity contribution in [2.45, 2.75) is 20.0 Å². The molecule has 0 aliphatic rings. The molecule has 1 aromatic heterocycles. The van der Waals surface area contributed by atoms with Gasteiger partial charge in [0.15, 0.2) is 5.78 Å². The number of ether oxygens (including phenoxy) is 1. The van der Waals surface area contributed by atoms with Gasteiger partial charge in [-0.1, -0.05) is 0 Å². The topological polar surface area (TPSA) is 39.2 Å². The Morgan fingerprint density at radius 1 is 1.16 bits per heavy atom. The molecule has 0 atom stereocenters. The molecule has 1 aromatic carbocycles. The summed E-state index contributed by atoms with van der Waals surface area (Å²) in [7, 11) is 0. The van der Waals surface area contributed by atoms with Crippen LogP contribution in [0.15, 0.2) is 42.7 Å². The summed E-state index contributed by atoms with van der Waals surface area (Å²) in [4.78, 5) is 16.4. The maximum atomic E-state index is 12.3. The zero-order valence-corrected chi connectivity index (χ0v) is 12.9. The normalized spacial score (nSPS) is 10.5. The summed E-state index contributed by atoms with van der Waals surface area (Å²) in [5.41, 5.74) is 1.20. The molecule has 3 nitrogen and oxygen atoms in total. The molecule has 0 aliphatic heterocycles. The van der Waals surface area contributed by atoms with E-state index in [0.717, 1.165) is 3.57 Å². The lowest BCUT2D eigenvalue weighted by Crippen LogP contribution is -2.07. The Hall–Kier alpha value is -1.43. The number of rotatable bonds is 4. The van der Waals surface area contributed by atoms with Crippen molar-refractivity contribution < 1.29 is 9.53 Å². The highest BCUT2D eigenvalue weighted by molar-refractivity contribution is 14.1. The summed E-state index contributed by atoms with van der Waals surface area (Å²) < 4.78 is 6.65. The standard InChI is InChI=1S/C15H14INO2/c1-10(2)19-14-7-12(8-17-9-14)15(18)11-3-5-13(16)6-4-11/h3-10H,1-2H3. The van der Waals surface area contributed by atoms with E-state index in [1.165, 1.54) is 0 Å². The summed E-state index contributed by atoms with van der Waals surface area (Å²) in [6.07, 6.45) is 3.24. The molecule has 1 heterocycles. The van der Waals surface area contributed by atoms with Crippen LogP contribution >= 0.6 is 22.6 Å². The maximum absolute atomic E-state index is 12.3. The van der Waals surface area contributed by atoms with Gasteiger partial charge in [0.2, 0.25) is 0 Å². The van der Waals surface area contributed by atoms with Crippen LogP contribution in [0.25, 0.3) is 0 Å². The molecule has 0 aliphatic carbocycles. The fourth-order valence-corrected chi connectivity index (χ4v) is 2.01. The van der Waals surface area contributed by atoms with Crippen molar-refractivity contribution in [3.8, 4) is 5.75 Å². The number of nitrogens with zero attached hydrogens (tertiary/aromatic N) is 1. The van der Waals surface area contributed by atoms with Crippen molar-refractivity contribution in [3.05, 3.63) is 57.4 Å². The molecule has 0 bridgehead atoms. The van der Waals surface area contributed by atoms with E-state index in [4.69, 9.17) is 4.74 Å². The number of benzene rings is 1. The third-order valence-electron chi connectivity index (χ3n) is 2.45. The number of halogens is 1. The Balaban J connectivity index is 2.26. The molecule has 0 radical (unpaired) electrons. The molecule has 0 N–H and O–H groups in total. The van der Waals surface area contributed by atoms with Gasteiger partial charge in [-0.15, -0.1) is 0 Å². The van der Waals surface area contributed by atoms with E-state index in [1.54, 1.807) is 18.5 Å². The van der Waals surface area contributed by atoms with Crippen LogP contribution in [0.4, 0.5) is 0 Å². The van der Waals surface area contributed by atoms with Gasteiger partial charge in [0.1, 0.15) is 5.75 Å². The Bertz CT molecular complexity index is 579. The molecule has 0 saturated heterocycles. The van der Waals surface area contributed by atoms with E-state index < -0.39 is 0 Å². The second kappa shape index (κ2) is 6.14. The van der Waals surface area contributed by atoms with Gasteiger partial charge in [-0.25, -0.2) is 0 Å². The lowest BCUT2D eigenvalue weighted by atomic mass is 10.1. The lowest BCUT2D eigenvalue weighted by Gasteiger charge is -2.10. The monoisotopic (exact) mass is 367 g/mol. The summed E-state index contributed by atoms with van der Waals surface area (Å²) in [5, 5.41) is 0. The Morgan fingerprint density at radius 2 is 1.84 bits per heavy atom. The number of carbonyl (C=O) groups excluding carboxylic acids is 1. The van der Waals surface area contributed by atoms with E-state index in [2.05, 4.69) is 27.6 Å². The van der Waals surface area contributed by atoms with Crippen LogP contribution in [-0.4, -0.2) is 16.9 Å². The number of hydrogen-bond donors (Lipinski definition) is 0. The smallest absolute Gasteiger partial charge is 0.194 e. The first-order valence-corrected chi connectivity index (χ1v) is 7.06.